The van der Waals surface area contributed by atoms with E-state index in [-0.39, 0.29) is 11.9 Å². The Kier molecular flexibility index (Phi) is 4.60. The first-order valence-corrected chi connectivity index (χ1v) is 6.88. The van der Waals surface area contributed by atoms with E-state index in [1.165, 1.54) is 37.8 Å². The van der Waals surface area contributed by atoms with Gasteiger partial charge in [0.15, 0.2) is 0 Å². The summed E-state index contributed by atoms with van der Waals surface area (Å²) in [6, 6.07) is 5.20. The van der Waals surface area contributed by atoms with E-state index < -0.39 is 0 Å². The van der Waals surface area contributed by atoms with Crippen LogP contribution in [-0.2, 0) is 0 Å². The fourth-order valence-corrected chi connectivity index (χ4v) is 3.14. The molecule has 0 saturated heterocycles. The summed E-state index contributed by atoms with van der Waals surface area (Å²) >= 11 is 6.13. The number of rotatable bonds is 4. The summed E-state index contributed by atoms with van der Waals surface area (Å²) in [5, 5.41) is 0.468. The molecule has 2 nitrogen and oxygen atoms in total. The van der Waals surface area contributed by atoms with Gasteiger partial charge in [-0.15, -0.1) is 0 Å². The molecule has 0 aliphatic heterocycles. The zero-order valence-electron chi connectivity index (χ0n) is 10.7. The van der Waals surface area contributed by atoms with Crippen molar-refractivity contribution in [3.63, 3.8) is 0 Å². The van der Waals surface area contributed by atoms with Crippen molar-refractivity contribution in [2.75, 3.05) is 13.6 Å². The van der Waals surface area contributed by atoms with E-state index in [0.29, 0.717) is 17.6 Å². The number of nitrogens with two attached hydrogens (primary N) is 1. The van der Waals surface area contributed by atoms with Gasteiger partial charge in [-0.25, -0.2) is 4.39 Å². The molecule has 100 valence electrons. The molecule has 4 heteroatoms. The third-order valence-electron chi connectivity index (χ3n) is 3.94. The molecule has 0 bridgehead atoms. The highest BCUT2D eigenvalue weighted by atomic mass is 35.5. The molecule has 2 rings (SSSR count). The molecule has 2 N–H and O–H groups in total. The van der Waals surface area contributed by atoms with Crippen LogP contribution < -0.4 is 5.73 Å². The fourth-order valence-electron chi connectivity index (χ4n) is 2.85. The Morgan fingerprint density at radius 2 is 2.11 bits per heavy atom. The fraction of sp³-hybridized carbons (Fsp3) is 0.571. The molecule has 0 radical (unpaired) electrons. The highest BCUT2D eigenvalue weighted by Gasteiger charge is 2.27. The lowest BCUT2D eigenvalue weighted by Gasteiger charge is -2.33. The lowest BCUT2D eigenvalue weighted by Crippen LogP contribution is -2.37. The molecule has 18 heavy (non-hydrogen) atoms. The Morgan fingerprint density at radius 1 is 1.44 bits per heavy atom. The van der Waals surface area contributed by atoms with Crippen molar-refractivity contribution in [1.29, 1.82) is 0 Å². The number of hydrogen-bond acceptors (Lipinski definition) is 2. The molecule has 1 saturated carbocycles. The zero-order valence-corrected chi connectivity index (χ0v) is 11.5. The molecular formula is C14H20ClFN2. The first-order valence-electron chi connectivity index (χ1n) is 6.50. The van der Waals surface area contributed by atoms with Crippen LogP contribution in [0.3, 0.4) is 0 Å². The van der Waals surface area contributed by atoms with E-state index in [9.17, 15) is 4.39 Å². The summed E-state index contributed by atoms with van der Waals surface area (Å²) in [7, 11) is 2.09. The molecule has 1 aromatic carbocycles. The highest BCUT2D eigenvalue weighted by Crippen LogP contribution is 2.32. The number of nitrogens with zero attached hydrogens (tertiary/aromatic N) is 1. The number of halogens is 2. The molecule has 1 aliphatic carbocycles. The van der Waals surface area contributed by atoms with E-state index in [4.69, 9.17) is 17.3 Å². The third kappa shape index (κ3) is 2.85. The predicted octanol–water partition coefficient (Wildman–Crippen LogP) is 3.35. The molecule has 1 aliphatic rings. The standard InChI is InChI=1S/C14H20ClFN2/c1-18(11-4-2-3-5-11)14(9-17)12-7-6-10(16)8-13(12)15/h6-8,11,14H,2-5,9,17H2,1H3. The summed E-state index contributed by atoms with van der Waals surface area (Å²) in [6.45, 7) is 0.498. The Bertz CT molecular complexity index is 405. The number of likely N-dealkylation sites (N-methyl/N-ethyl adjacent to an activating group) is 1. The van der Waals surface area contributed by atoms with Gasteiger partial charge in [0.05, 0.1) is 0 Å². The van der Waals surface area contributed by atoms with Gasteiger partial charge >= 0.3 is 0 Å². The Hall–Kier alpha value is -0.640. The van der Waals surface area contributed by atoms with E-state index >= 15 is 0 Å². The van der Waals surface area contributed by atoms with Crippen LogP contribution in [0.15, 0.2) is 18.2 Å². The molecule has 1 fully saturated rings. The van der Waals surface area contributed by atoms with Gasteiger partial charge in [-0.05, 0) is 37.6 Å². The lowest BCUT2D eigenvalue weighted by atomic mass is 10.0. The first-order chi connectivity index (χ1) is 8.63. The SMILES string of the molecule is CN(C1CCCC1)C(CN)c1ccc(F)cc1Cl. The maximum Gasteiger partial charge on any atom is 0.124 e. The van der Waals surface area contributed by atoms with Crippen LogP contribution in [0.2, 0.25) is 5.02 Å². The van der Waals surface area contributed by atoms with E-state index in [0.717, 1.165) is 5.56 Å². The zero-order chi connectivity index (χ0) is 13.1. The summed E-state index contributed by atoms with van der Waals surface area (Å²) in [6.07, 6.45) is 4.99. The minimum absolute atomic E-state index is 0.0706. The largest absolute Gasteiger partial charge is 0.329 e. The molecule has 1 atom stereocenters. The molecule has 1 unspecified atom stereocenters. The van der Waals surface area contributed by atoms with Gasteiger partial charge in [-0.1, -0.05) is 30.5 Å². The van der Waals surface area contributed by atoms with Crippen LogP contribution >= 0.6 is 11.6 Å². The average Bonchev–Trinajstić information content (AvgIpc) is 2.86. The van der Waals surface area contributed by atoms with Crippen LogP contribution in [0.25, 0.3) is 0 Å². The van der Waals surface area contributed by atoms with Gasteiger partial charge in [0, 0.05) is 23.7 Å². The number of hydrogen-bond donors (Lipinski definition) is 1. The van der Waals surface area contributed by atoms with E-state index in [1.54, 1.807) is 6.07 Å². The van der Waals surface area contributed by atoms with Crippen LogP contribution in [0.1, 0.15) is 37.3 Å². The van der Waals surface area contributed by atoms with Gasteiger partial charge in [0.2, 0.25) is 0 Å². The lowest BCUT2D eigenvalue weighted by molar-refractivity contribution is 0.179. The smallest absolute Gasteiger partial charge is 0.124 e. The van der Waals surface area contributed by atoms with Crippen LogP contribution in [0.5, 0.6) is 0 Å². The molecule has 1 aromatic rings. The highest BCUT2D eigenvalue weighted by molar-refractivity contribution is 6.31. The summed E-state index contributed by atoms with van der Waals surface area (Å²) in [4.78, 5) is 2.30. The second-order valence-electron chi connectivity index (χ2n) is 5.02. The second kappa shape index (κ2) is 6.00. The van der Waals surface area contributed by atoms with Crippen molar-refractivity contribution in [3.05, 3.63) is 34.6 Å². The van der Waals surface area contributed by atoms with E-state index in [1.807, 2.05) is 0 Å². The monoisotopic (exact) mass is 270 g/mol. The molecular weight excluding hydrogens is 251 g/mol. The van der Waals surface area contributed by atoms with Crippen LogP contribution in [-0.4, -0.2) is 24.5 Å². The molecule has 0 aromatic heterocycles. The minimum atomic E-state index is -0.303. The first kappa shape index (κ1) is 13.8. The molecule has 0 amide bonds. The molecule has 0 heterocycles. The topological polar surface area (TPSA) is 29.3 Å². The van der Waals surface area contributed by atoms with Crippen LogP contribution in [0, 0.1) is 5.82 Å². The van der Waals surface area contributed by atoms with Gasteiger partial charge < -0.3 is 5.73 Å². The Morgan fingerprint density at radius 3 is 2.67 bits per heavy atom. The van der Waals surface area contributed by atoms with Crippen molar-refractivity contribution in [3.8, 4) is 0 Å². The van der Waals surface area contributed by atoms with Gasteiger partial charge in [-0.3, -0.25) is 4.90 Å². The van der Waals surface area contributed by atoms with Gasteiger partial charge in [0.25, 0.3) is 0 Å². The molecule has 0 spiro atoms. The van der Waals surface area contributed by atoms with Crippen molar-refractivity contribution >= 4 is 11.6 Å². The van der Waals surface area contributed by atoms with Crippen LogP contribution in [0.4, 0.5) is 4.39 Å². The summed E-state index contributed by atoms with van der Waals surface area (Å²) in [5.41, 5.74) is 6.81. The second-order valence-corrected chi connectivity index (χ2v) is 5.43. The van der Waals surface area contributed by atoms with Crippen molar-refractivity contribution in [2.24, 2.45) is 5.73 Å². The predicted molar refractivity (Wildman–Crippen MR) is 73.2 cm³/mol. The average molecular weight is 271 g/mol. The van der Waals surface area contributed by atoms with E-state index in [2.05, 4.69) is 11.9 Å². The van der Waals surface area contributed by atoms with Gasteiger partial charge in [0.1, 0.15) is 5.82 Å². The normalized spacial score (nSPS) is 18.5. The summed E-state index contributed by atoms with van der Waals surface area (Å²) < 4.78 is 13.1. The maximum absolute atomic E-state index is 13.1. The minimum Gasteiger partial charge on any atom is -0.329 e. The number of benzene rings is 1. The van der Waals surface area contributed by atoms with Crippen molar-refractivity contribution < 1.29 is 4.39 Å². The third-order valence-corrected chi connectivity index (χ3v) is 4.26. The van der Waals surface area contributed by atoms with Gasteiger partial charge in [-0.2, -0.15) is 0 Å². The van der Waals surface area contributed by atoms with Crippen molar-refractivity contribution in [2.45, 2.75) is 37.8 Å². The Balaban J connectivity index is 2.21. The quantitative estimate of drug-likeness (QED) is 0.909. The summed E-state index contributed by atoms with van der Waals surface area (Å²) in [5.74, 6) is -0.303. The maximum atomic E-state index is 13.1. The Labute approximate surface area is 113 Å². The van der Waals surface area contributed by atoms with Crippen molar-refractivity contribution in [1.82, 2.24) is 4.90 Å².